The van der Waals surface area contributed by atoms with E-state index in [-0.39, 0.29) is 6.04 Å². The summed E-state index contributed by atoms with van der Waals surface area (Å²) in [5.74, 6) is 0. The molecular weight excluding hydrogens is 434 g/mol. The van der Waals surface area contributed by atoms with Crippen molar-refractivity contribution in [3.05, 3.63) is 12.7 Å². The Bertz CT molecular complexity index is 742. The number of hydrogen-bond donors (Lipinski definition) is 3. The van der Waals surface area contributed by atoms with Gasteiger partial charge in [0, 0.05) is 19.6 Å². The molecule has 15 heteroatoms. The molecule has 1 aromatic heterocycles. The van der Waals surface area contributed by atoms with E-state index in [1.165, 1.54) is 18.4 Å². The van der Waals surface area contributed by atoms with Crippen LogP contribution in [0.3, 0.4) is 0 Å². The van der Waals surface area contributed by atoms with Crippen LogP contribution in [0.4, 0.5) is 4.79 Å². The number of fused-ring (bicyclic) bond motifs is 2. The molecule has 0 aromatic carbocycles. The highest BCUT2D eigenvalue weighted by Crippen LogP contribution is 2.26. The first-order valence-electron chi connectivity index (χ1n) is 9.87. The minimum Gasteiger partial charge on any atom is -0.321 e. The maximum absolute atomic E-state index is 11.4. The molecule has 14 nitrogen and oxygen atoms in total. The minimum absolute atomic E-state index is 0.266. The van der Waals surface area contributed by atoms with Gasteiger partial charge in [-0.15, -0.1) is 4.28 Å². The molecule has 0 spiro atoms. The molecule has 3 saturated heterocycles. The molecule has 31 heavy (non-hydrogen) atoms. The molecule has 3 aliphatic heterocycles. The molecule has 0 saturated carbocycles. The van der Waals surface area contributed by atoms with Crippen LogP contribution < -0.4 is 10.8 Å². The maximum atomic E-state index is 11.4. The molecule has 4 heterocycles. The molecule has 3 amide bonds. The van der Waals surface area contributed by atoms with Crippen molar-refractivity contribution in [3.8, 4) is 0 Å². The number of aromatic nitrogens is 3. The summed E-state index contributed by atoms with van der Waals surface area (Å²) in [5.41, 5.74) is 1.93. The second-order valence-electron chi connectivity index (χ2n) is 6.31. The zero-order valence-corrected chi connectivity index (χ0v) is 18.7. The fourth-order valence-electron chi connectivity index (χ4n) is 3.13. The van der Waals surface area contributed by atoms with Crippen LogP contribution in [-0.4, -0.2) is 89.5 Å². The van der Waals surface area contributed by atoms with Gasteiger partial charge in [-0.25, -0.2) is 19.9 Å². The summed E-state index contributed by atoms with van der Waals surface area (Å²) in [7, 11) is -3.23. The summed E-state index contributed by atoms with van der Waals surface area (Å²) in [5, 5.41) is 8.07. The van der Waals surface area contributed by atoms with Crippen LogP contribution in [0.15, 0.2) is 12.7 Å². The van der Waals surface area contributed by atoms with Crippen molar-refractivity contribution >= 4 is 22.8 Å². The zero-order valence-electron chi connectivity index (χ0n) is 17.9. The number of hydrogen-bond acceptors (Lipinski definition) is 9. The molecule has 4 rings (SSSR count). The lowest BCUT2D eigenvalue weighted by atomic mass is 10.1. The predicted molar refractivity (Wildman–Crippen MR) is 109 cm³/mol. The fourth-order valence-corrected chi connectivity index (χ4v) is 3.52. The van der Waals surface area contributed by atoms with Crippen LogP contribution in [0.1, 0.15) is 39.2 Å². The number of urea groups is 1. The van der Waals surface area contributed by atoms with Crippen LogP contribution in [-0.2, 0) is 24.3 Å². The van der Waals surface area contributed by atoms with Crippen LogP contribution in [0, 0.1) is 0 Å². The van der Waals surface area contributed by atoms with Gasteiger partial charge in [-0.3, -0.25) is 14.2 Å². The van der Waals surface area contributed by atoms with Crippen molar-refractivity contribution in [2.45, 2.75) is 45.2 Å². The van der Waals surface area contributed by atoms with Crippen LogP contribution in [0.5, 0.6) is 0 Å². The van der Waals surface area contributed by atoms with E-state index in [2.05, 4.69) is 24.5 Å². The van der Waals surface area contributed by atoms with E-state index in [4.69, 9.17) is 9.35 Å². The van der Waals surface area contributed by atoms with Crippen molar-refractivity contribution < 1.29 is 31.7 Å². The Labute approximate surface area is 181 Å². The Morgan fingerprint density at radius 3 is 2.52 bits per heavy atom. The van der Waals surface area contributed by atoms with Crippen LogP contribution in [0.25, 0.3) is 0 Å². The van der Waals surface area contributed by atoms with Crippen LogP contribution >= 0.6 is 0 Å². The minimum atomic E-state index is -4.60. The van der Waals surface area contributed by atoms with Crippen molar-refractivity contribution in [1.82, 2.24) is 35.5 Å². The number of nitrogens with one attached hydrogen (secondary N) is 2. The van der Waals surface area contributed by atoms with E-state index in [0.717, 1.165) is 24.6 Å². The van der Waals surface area contributed by atoms with Gasteiger partial charge in [0.1, 0.15) is 12.7 Å². The summed E-state index contributed by atoms with van der Waals surface area (Å²) in [4.78, 5) is 30.0. The molecule has 1 aromatic rings. The SMILES string of the molecule is CC.CONC=O.O=C1N2CCCC(C2)N1OS(=O)(=O)O.c1ncn(C2CCNC2)n1. The summed E-state index contributed by atoms with van der Waals surface area (Å²) >= 11 is 0. The number of amides is 3. The fraction of sp³-hybridized carbons (Fsp3) is 0.750. The molecule has 3 N–H and O–H groups in total. The lowest BCUT2D eigenvalue weighted by molar-refractivity contribution is -0.118. The maximum Gasteiger partial charge on any atom is 0.418 e. The second kappa shape index (κ2) is 13.9. The highest BCUT2D eigenvalue weighted by molar-refractivity contribution is 7.80. The van der Waals surface area contributed by atoms with Crippen LogP contribution in [0.2, 0.25) is 0 Å². The Hall–Kier alpha value is -2.33. The largest absolute Gasteiger partial charge is 0.418 e. The van der Waals surface area contributed by atoms with E-state index in [9.17, 15) is 13.2 Å². The standard InChI is InChI=1S/C6H10N4.C6H10N2O5S.C2H5NO2.C2H6/c1-2-7-3-6(1)10-5-8-4-9-10;9-6-7-3-1-2-5(4-7)8(6)13-14(10,11)12;1-5-3-2-4;1-2/h4-7H,1-3H2;5H,1-4H2,(H,10,11,12);2H,1H3,(H,3,4);1-2H3. The van der Waals surface area contributed by atoms with E-state index in [1.54, 1.807) is 12.7 Å². The number of nitrogens with zero attached hydrogens (tertiary/aromatic N) is 5. The van der Waals surface area contributed by atoms with Crippen molar-refractivity contribution in [3.63, 3.8) is 0 Å². The monoisotopic (exact) mass is 465 g/mol. The molecule has 3 aliphatic rings. The topological polar surface area (TPSA) is 168 Å². The van der Waals surface area contributed by atoms with E-state index >= 15 is 0 Å². The zero-order chi connectivity index (χ0) is 23.3. The van der Waals surface area contributed by atoms with E-state index in [1.807, 2.05) is 24.0 Å². The average Bonchev–Trinajstić information content (AvgIpc) is 3.50. The highest BCUT2D eigenvalue weighted by Gasteiger charge is 2.42. The van der Waals surface area contributed by atoms with Crippen molar-refractivity contribution in [1.29, 1.82) is 0 Å². The summed E-state index contributed by atoms with van der Waals surface area (Å²) in [6.07, 6.45) is 6.50. The molecular formula is C16H31N7O7S. The van der Waals surface area contributed by atoms with Gasteiger partial charge in [0.05, 0.1) is 19.2 Å². The number of carbonyl (C=O) groups excluding carboxylic acids is 2. The average molecular weight is 466 g/mol. The molecule has 0 radical (unpaired) electrons. The lowest BCUT2D eigenvalue weighted by Gasteiger charge is -2.20. The Morgan fingerprint density at radius 2 is 2.06 bits per heavy atom. The van der Waals surface area contributed by atoms with Gasteiger partial charge in [0.2, 0.25) is 6.41 Å². The molecule has 2 unspecified atom stereocenters. The molecule has 3 fully saturated rings. The third-order valence-electron chi connectivity index (χ3n) is 4.37. The summed E-state index contributed by atoms with van der Waals surface area (Å²) in [6, 6.07) is -0.231. The summed E-state index contributed by atoms with van der Waals surface area (Å²) in [6.45, 7) is 7.21. The first-order chi connectivity index (χ1) is 14.9. The normalized spacial score (nSPS) is 21.7. The Balaban J connectivity index is 0.000000247. The third kappa shape index (κ3) is 9.14. The first kappa shape index (κ1) is 26.7. The highest BCUT2D eigenvalue weighted by atomic mass is 32.3. The van der Waals surface area contributed by atoms with E-state index in [0.29, 0.717) is 32.0 Å². The van der Waals surface area contributed by atoms with Gasteiger partial charge in [0.15, 0.2) is 0 Å². The van der Waals surface area contributed by atoms with Gasteiger partial charge in [-0.05, 0) is 25.8 Å². The van der Waals surface area contributed by atoms with E-state index < -0.39 is 16.4 Å². The number of piperidine rings is 1. The lowest BCUT2D eigenvalue weighted by Crippen LogP contribution is -2.35. The third-order valence-corrected chi connectivity index (χ3v) is 4.72. The van der Waals surface area contributed by atoms with Gasteiger partial charge < -0.3 is 10.2 Å². The second-order valence-corrected chi connectivity index (χ2v) is 7.32. The molecule has 2 atom stereocenters. The van der Waals surface area contributed by atoms with Crippen molar-refractivity contribution in [2.75, 3.05) is 33.3 Å². The van der Waals surface area contributed by atoms with Gasteiger partial charge >= 0.3 is 16.4 Å². The number of hydroxylamine groups is 3. The Morgan fingerprint density at radius 1 is 1.32 bits per heavy atom. The molecule has 0 aliphatic carbocycles. The molecule has 2 bridgehead atoms. The quantitative estimate of drug-likeness (QED) is 0.299. The number of carbonyl (C=O) groups is 2. The van der Waals surface area contributed by atoms with Gasteiger partial charge in [0.25, 0.3) is 0 Å². The predicted octanol–water partition coefficient (Wildman–Crippen LogP) is -0.247. The number of rotatable bonds is 5. The first-order valence-corrected chi connectivity index (χ1v) is 11.2. The van der Waals surface area contributed by atoms with Gasteiger partial charge in [-0.2, -0.15) is 18.6 Å². The molecule has 178 valence electrons. The van der Waals surface area contributed by atoms with Gasteiger partial charge in [-0.1, -0.05) is 13.8 Å². The smallest absolute Gasteiger partial charge is 0.321 e. The Kier molecular flexibility index (Phi) is 11.9. The summed E-state index contributed by atoms with van der Waals surface area (Å²) < 4.78 is 35.4. The van der Waals surface area contributed by atoms with Crippen molar-refractivity contribution in [2.24, 2.45) is 0 Å².